The number of ether oxygens (including phenoxy) is 2. The summed E-state index contributed by atoms with van der Waals surface area (Å²) in [6.07, 6.45) is 4.90. The maximum absolute atomic E-state index is 6.10. The van der Waals surface area contributed by atoms with Gasteiger partial charge in [-0.3, -0.25) is 0 Å². The maximum atomic E-state index is 6.10. The molecule has 26 heavy (non-hydrogen) atoms. The zero-order chi connectivity index (χ0) is 19.2. The molecule has 1 N–H and O–H groups in total. The molecule has 3 heteroatoms. The van der Waals surface area contributed by atoms with Crippen LogP contribution in [0, 0.1) is 11.3 Å². The summed E-state index contributed by atoms with van der Waals surface area (Å²) in [5.74, 6) is 1.63. The van der Waals surface area contributed by atoms with Gasteiger partial charge in [-0.2, -0.15) is 0 Å². The van der Waals surface area contributed by atoms with Crippen LogP contribution >= 0.6 is 0 Å². The van der Waals surface area contributed by atoms with Gasteiger partial charge in [-0.1, -0.05) is 32.9 Å². The molecule has 1 saturated heterocycles. The summed E-state index contributed by atoms with van der Waals surface area (Å²) in [5, 5.41) is 3.65. The Labute approximate surface area is 160 Å². The fraction of sp³-hybridized carbons (Fsp3) is 0.739. The summed E-state index contributed by atoms with van der Waals surface area (Å²) >= 11 is 0. The van der Waals surface area contributed by atoms with Crippen LogP contribution in [0.1, 0.15) is 72.8 Å². The molecule has 0 radical (unpaired) electrons. The number of rotatable bonds is 9. The third-order valence-corrected chi connectivity index (χ3v) is 6.17. The van der Waals surface area contributed by atoms with E-state index < -0.39 is 0 Å². The molecule has 0 aliphatic carbocycles. The molecule has 0 amide bonds. The fourth-order valence-corrected chi connectivity index (χ4v) is 4.13. The van der Waals surface area contributed by atoms with Crippen LogP contribution in [-0.2, 0) is 11.3 Å². The van der Waals surface area contributed by atoms with Crippen LogP contribution in [0.2, 0.25) is 0 Å². The van der Waals surface area contributed by atoms with Gasteiger partial charge in [-0.25, -0.2) is 0 Å². The smallest absolute Gasteiger partial charge is 0.119 e. The minimum absolute atomic E-state index is 0.0504. The molecule has 148 valence electrons. The Bertz CT molecular complexity index is 540. The first kappa shape index (κ1) is 21.2. The van der Waals surface area contributed by atoms with Crippen molar-refractivity contribution in [2.45, 2.75) is 85.5 Å². The monoisotopic (exact) mass is 361 g/mol. The van der Waals surface area contributed by atoms with Crippen molar-refractivity contribution >= 4 is 0 Å². The lowest BCUT2D eigenvalue weighted by Gasteiger charge is -2.49. The Morgan fingerprint density at radius 3 is 2.42 bits per heavy atom. The highest BCUT2D eigenvalue weighted by atomic mass is 16.5. The Hall–Kier alpha value is -1.06. The van der Waals surface area contributed by atoms with E-state index in [0.717, 1.165) is 31.9 Å². The average molecular weight is 362 g/mol. The van der Waals surface area contributed by atoms with E-state index in [1.165, 1.54) is 24.8 Å². The predicted molar refractivity (Wildman–Crippen MR) is 110 cm³/mol. The Morgan fingerprint density at radius 1 is 1.15 bits per heavy atom. The van der Waals surface area contributed by atoms with Crippen LogP contribution in [0.5, 0.6) is 5.75 Å². The number of benzene rings is 1. The van der Waals surface area contributed by atoms with Gasteiger partial charge in [0.15, 0.2) is 0 Å². The van der Waals surface area contributed by atoms with Crippen molar-refractivity contribution in [3.05, 3.63) is 29.8 Å². The molecular formula is C23H39NO2. The molecule has 2 atom stereocenters. The van der Waals surface area contributed by atoms with Gasteiger partial charge in [0.2, 0.25) is 0 Å². The number of hydrogen-bond acceptors (Lipinski definition) is 3. The quantitative estimate of drug-likeness (QED) is 0.583. The first-order valence-corrected chi connectivity index (χ1v) is 10.4. The molecule has 0 bridgehead atoms. The lowest BCUT2D eigenvalue weighted by atomic mass is 9.64. The van der Waals surface area contributed by atoms with E-state index >= 15 is 0 Å². The van der Waals surface area contributed by atoms with Gasteiger partial charge in [-0.15, -0.1) is 0 Å². The Morgan fingerprint density at radius 2 is 1.85 bits per heavy atom. The zero-order valence-corrected chi connectivity index (χ0v) is 17.7. The first-order chi connectivity index (χ1) is 12.3. The molecule has 1 aliphatic heterocycles. The minimum Gasteiger partial charge on any atom is -0.491 e. The van der Waals surface area contributed by atoms with Crippen molar-refractivity contribution in [3.8, 4) is 5.75 Å². The normalized spacial score (nSPS) is 26.5. The van der Waals surface area contributed by atoms with Gasteiger partial charge in [0.1, 0.15) is 5.75 Å². The highest BCUT2D eigenvalue weighted by Gasteiger charge is 2.43. The number of nitrogens with one attached hydrogen (secondary N) is 1. The largest absolute Gasteiger partial charge is 0.491 e. The van der Waals surface area contributed by atoms with Crippen molar-refractivity contribution in [1.82, 2.24) is 5.32 Å². The zero-order valence-electron chi connectivity index (χ0n) is 17.7. The summed E-state index contributed by atoms with van der Waals surface area (Å²) in [4.78, 5) is 0. The molecule has 0 saturated carbocycles. The van der Waals surface area contributed by atoms with Crippen LogP contribution < -0.4 is 10.1 Å². The summed E-state index contributed by atoms with van der Waals surface area (Å²) in [6, 6.07) is 8.45. The lowest BCUT2D eigenvalue weighted by Crippen LogP contribution is -2.46. The third kappa shape index (κ3) is 5.72. The Balaban J connectivity index is 1.85. The molecule has 1 fully saturated rings. The van der Waals surface area contributed by atoms with Crippen LogP contribution in [0.4, 0.5) is 0 Å². The van der Waals surface area contributed by atoms with Gasteiger partial charge in [0.05, 0.1) is 11.7 Å². The molecule has 3 nitrogen and oxygen atoms in total. The van der Waals surface area contributed by atoms with Crippen LogP contribution in [-0.4, -0.2) is 24.9 Å². The van der Waals surface area contributed by atoms with E-state index in [9.17, 15) is 0 Å². The second-order valence-electron chi connectivity index (χ2n) is 8.83. The molecule has 2 rings (SSSR count). The maximum Gasteiger partial charge on any atom is 0.119 e. The summed E-state index contributed by atoms with van der Waals surface area (Å²) in [5.41, 5.74) is 1.75. The molecule has 0 spiro atoms. The Kier molecular flexibility index (Phi) is 7.54. The molecule has 1 aliphatic rings. The van der Waals surface area contributed by atoms with Gasteiger partial charge < -0.3 is 14.8 Å². The van der Waals surface area contributed by atoms with E-state index in [1.54, 1.807) is 0 Å². The molecule has 1 aromatic rings. The van der Waals surface area contributed by atoms with E-state index in [1.807, 2.05) is 0 Å². The standard InChI is InChI=1S/C23H39NO2/c1-7-22(6)17-23(18(2)3,13-15-25-22)12-14-24-16-20-8-10-21(11-9-20)26-19(4)5/h8-11,18-19,24H,7,12-17H2,1-6H3/t22-,23+/m1/s1. The van der Waals surface area contributed by atoms with Gasteiger partial charge >= 0.3 is 0 Å². The van der Waals surface area contributed by atoms with Crippen molar-refractivity contribution < 1.29 is 9.47 Å². The first-order valence-electron chi connectivity index (χ1n) is 10.4. The highest BCUT2D eigenvalue weighted by Crippen LogP contribution is 2.47. The molecule has 1 heterocycles. The number of hydrogen-bond donors (Lipinski definition) is 1. The summed E-state index contributed by atoms with van der Waals surface area (Å²) in [6.45, 7) is 16.3. The van der Waals surface area contributed by atoms with E-state index in [2.05, 4.69) is 71.1 Å². The summed E-state index contributed by atoms with van der Waals surface area (Å²) in [7, 11) is 0. The molecule has 1 aromatic carbocycles. The van der Waals surface area contributed by atoms with Gasteiger partial charge in [-0.05, 0) is 82.0 Å². The van der Waals surface area contributed by atoms with Crippen LogP contribution in [0.3, 0.4) is 0 Å². The minimum atomic E-state index is 0.0504. The second kappa shape index (κ2) is 9.23. The average Bonchev–Trinajstić information content (AvgIpc) is 2.59. The third-order valence-electron chi connectivity index (χ3n) is 6.17. The van der Waals surface area contributed by atoms with Crippen molar-refractivity contribution in [1.29, 1.82) is 0 Å². The lowest BCUT2D eigenvalue weighted by molar-refractivity contribution is -0.132. The van der Waals surface area contributed by atoms with Crippen LogP contribution in [0.15, 0.2) is 24.3 Å². The van der Waals surface area contributed by atoms with Crippen molar-refractivity contribution in [2.75, 3.05) is 13.2 Å². The summed E-state index contributed by atoms with van der Waals surface area (Å²) < 4.78 is 11.8. The van der Waals surface area contributed by atoms with E-state index in [-0.39, 0.29) is 11.7 Å². The molecule has 0 aromatic heterocycles. The fourth-order valence-electron chi connectivity index (χ4n) is 4.13. The van der Waals surface area contributed by atoms with E-state index in [4.69, 9.17) is 9.47 Å². The van der Waals surface area contributed by atoms with E-state index in [0.29, 0.717) is 11.3 Å². The predicted octanol–water partition coefficient (Wildman–Crippen LogP) is 5.58. The topological polar surface area (TPSA) is 30.5 Å². The SMILES string of the molecule is CC[C@]1(C)C[C@@](CCNCc2ccc(OC(C)C)cc2)(C(C)C)CCO1. The molecular weight excluding hydrogens is 322 g/mol. The van der Waals surface area contributed by atoms with Crippen molar-refractivity contribution in [2.24, 2.45) is 11.3 Å². The van der Waals surface area contributed by atoms with Gasteiger partial charge in [0, 0.05) is 13.2 Å². The molecule has 0 unspecified atom stereocenters. The van der Waals surface area contributed by atoms with Crippen molar-refractivity contribution in [3.63, 3.8) is 0 Å². The second-order valence-corrected chi connectivity index (χ2v) is 8.83. The van der Waals surface area contributed by atoms with Gasteiger partial charge in [0.25, 0.3) is 0 Å². The van der Waals surface area contributed by atoms with Crippen LogP contribution in [0.25, 0.3) is 0 Å². The highest BCUT2D eigenvalue weighted by molar-refractivity contribution is 5.27.